The predicted molar refractivity (Wildman–Crippen MR) is 49.6 cm³/mol. The summed E-state index contributed by atoms with van der Waals surface area (Å²) in [6, 6.07) is 10.5. The SMILES string of the molecule is N#CC(Oc1ccccc1)C(O)CO. The lowest BCUT2D eigenvalue weighted by atomic mass is 10.2. The van der Waals surface area contributed by atoms with Crippen LogP contribution in [0.15, 0.2) is 30.3 Å². The number of nitrogens with zero attached hydrogens (tertiary/aromatic N) is 1. The maximum atomic E-state index is 9.18. The van der Waals surface area contributed by atoms with Crippen LogP contribution in [0, 0.1) is 11.3 Å². The number of rotatable bonds is 4. The number of hydrogen-bond acceptors (Lipinski definition) is 4. The van der Waals surface area contributed by atoms with Gasteiger partial charge in [-0.15, -0.1) is 0 Å². The van der Waals surface area contributed by atoms with Crippen molar-refractivity contribution in [3.63, 3.8) is 0 Å². The van der Waals surface area contributed by atoms with Gasteiger partial charge in [0.1, 0.15) is 17.9 Å². The van der Waals surface area contributed by atoms with Crippen LogP contribution in [-0.2, 0) is 0 Å². The number of aliphatic hydroxyl groups is 2. The fourth-order valence-corrected chi connectivity index (χ4v) is 0.932. The van der Waals surface area contributed by atoms with Gasteiger partial charge in [-0.3, -0.25) is 0 Å². The summed E-state index contributed by atoms with van der Waals surface area (Å²) in [5.74, 6) is 0.492. The van der Waals surface area contributed by atoms with Gasteiger partial charge in [0.25, 0.3) is 0 Å². The molecule has 0 spiro atoms. The first-order chi connectivity index (χ1) is 6.77. The van der Waals surface area contributed by atoms with Crippen molar-refractivity contribution in [3.05, 3.63) is 30.3 Å². The fraction of sp³-hybridized carbons (Fsp3) is 0.300. The minimum atomic E-state index is -1.18. The Morgan fingerprint density at radius 2 is 2.00 bits per heavy atom. The summed E-state index contributed by atoms with van der Waals surface area (Å²) in [7, 11) is 0. The van der Waals surface area contributed by atoms with E-state index >= 15 is 0 Å². The van der Waals surface area contributed by atoms with E-state index in [9.17, 15) is 5.11 Å². The number of benzene rings is 1. The minimum absolute atomic E-state index is 0.492. The second-order valence-corrected chi connectivity index (χ2v) is 2.73. The summed E-state index contributed by atoms with van der Waals surface area (Å²) in [5, 5.41) is 26.5. The summed E-state index contributed by atoms with van der Waals surface area (Å²) in [6.07, 6.45) is -2.22. The second-order valence-electron chi connectivity index (χ2n) is 2.73. The number of aliphatic hydroxyl groups excluding tert-OH is 2. The number of ether oxygens (including phenoxy) is 1. The van der Waals surface area contributed by atoms with Crippen LogP contribution in [0.5, 0.6) is 5.75 Å². The van der Waals surface area contributed by atoms with Gasteiger partial charge in [0.05, 0.1) is 6.61 Å². The standard InChI is InChI=1S/C10H11NO3/c11-6-10(9(13)7-12)14-8-4-2-1-3-5-8/h1-5,9-10,12-13H,7H2. The molecule has 0 aromatic heterocycles. The van der Waals surface area contributed by atoms with Crippen molar-refractivity contribution >= 4 is 0 Å². The number of nitriles is 1. The van der Waals surface area contributed by atoms with Crippen LogP contribution < -0.4 is 4.74 Å². The van der Waals surface area contributed by atoms with Gasteiger partial charge < -0.3 is 14.9 Å². The molecule has 2 unspecified atom stereocenters. The van der Waals surface area contributed by atoms with Crippen molar-refractivity contribution in [2.75, 3.05) is 6.61 Å². The zero-order valence-corrected chi connectivity index (χ0v) is 7.50. The lowest BCUT2D eigenvalue weighted by molar-refractivity contribution is 0.0241. The molecule has 1 aromatic carbocycles. The molecule has 1 rings (SSSR count). The van der Waals surface area contributed by atoms with Crippen LogP contribution in [0.3, 0.4) is 0 Å². The van der Waals surface area contributed by atoms with E-state index in [4.69, 9.17) is 15.1 Å². The third-order valence-electron chi connectivity index (χ3n) is 1.67. The molecule has 0 amide bonds. The molecule has 0 saturated heterocycles. The van der Waals surface area contributed by atoms with E-state index in [0.29, 0.717) is 5.75 Å². The first-order valence-corrected chi connectivity index (χ1v) is 4.18. The minimum Gasteiger partial charge on any atom is -0.473 e. The summed E-state index contributed by atoms with van der Waals surface area (Å²) < 4.78 is 5.15. The van der Waals surface area contributed by atoms with E-state index in [0.717, 1.165) is 0 Å². The zero-order valence-electron chi connectivity index (χ0n) is 7.50. The molecule has 1 aromatic rings. The van der Waals surface area contributed by atoms with E-state index in [1.807, 2.05) is 6.07 Å². The highest BCUT2D eigenvalue weighted by Gasteiger charge is 2.19. The first kappa shape index (κ1) is 10.5. The zero-order chi connectivity index (χ0) is 10.4. The van der Waals surface area contributed by atoms with Gasteiger partial charge in [-0.1, -0.05) is 18.2 Å². The Kier molecular flexibility index (Phi) is 3.92. The van der Waals surface area contributed by atoms with Gasteiger partial charge in [0, 0.05) is 0 Å². The van der Waals surface area contributed by atoms with E-state index in [1.54, 1.807) is 30.3 Å². The molecular weight excluding hydrogens is 182 g/mol. The highest BCUT2D eigenvalue weighted by molar-refractivity contribution is 5.22. The Balaban J connectivity index is 2.63. The van der Waals surface area contributed by atoms with Gasteiger partial charge in [-0.05, 0) is 12.1 Å². The molecule has 0 aliphatic carbocycles. The molecule has 0 aliphatic heterocycles. The van der Waals surface area contributed by atoms with E-state index in [-0.39, 0.29) is 0 Å². The van der Waals surface area contributed by atoms with Crippen molar-refractivity contribution in [2.45, 2.75) is 12.2 Å². The average molecular weight is 193 g/mol. The molecule has 0 aliphatic rings. The summed E-state index contributed by atoms with van der Waals surface area (Å²) in [4.78, 5) is 0. The van der Waals surface area contributed by atoms with Crippen LogP contribution >= 0.6 is 0 Å². The van der Waals surface area contributed by atoms with Crippen LogP contribution in [0.25, 0.3) is 0 Å². The number of hydrogen-bond donors (Lipinski definition) is 2. The molecule has 0 saturated carbocycles. The Morgan fingerprint density at radius 1 is 1.36 bits per heavy atom. The van der Waals surface area contributed by atoms with Crippen LogP contribution in [0.2, 0.25) is 0 Å². The van der Waals surface area contributed by atoms with Crippen LogP contribution in [-0.4, -0.2) is 29.0 Å². The molecule has 0 bridgehead atoms. The van der Waals surface area contributed by atoms with Crippen molar-refractivity contribution < 1.29 is 14.9 Å². The molecule has 2 atom stereocenters. The van der Waals surface area contributed by atoms with Crippen molar-refractivity contribution in [2.24, 2.45) is 0 Å². The largest absolute Gasteiger partial charge is 0.473 e. The Hall–Kier alpha value is -1.57. The van der Waals surface area contributed by atoms with Gasteiger partial charge in [-0.2, -0.15) is 5.26 Å². The maximum Gasteiger partial charge on any atom is 0.212 e. The van der Waals surface area contributed by atoms with Gasteiger partial charge in [0.2, 0.25) is 6.10 Å². The molecule has 4 heteroatoms. The van der Waals surface area contributed by atoms with Crippen molar-refractivity contribution in [3.8, 4) is 11.8 Å². The third kappa shape index (κ3) is 2.73. The lowest BCUT2D eigenvalue weighted by Crippen LogP contribution is -2.33. The Labute approximate surface area is 82.0 Å². The molecule has 4 nitrogen and oxygen atoms in total. The van der Waals surface area contributed by atoms with Gasteiger partial charge in [0.15, 0.2) is 0 Å². The van der Waals surface area contributed by atoms with Gasteiger partial charge in [-0.25, -0.2) is 0 Å². The monoisotopic (exact) mass is 193 g/mol. The molecule has 0 heterocycles. The van der Waals surface area contributed by atoms with E-state index in [1.165, 1.54) is 0 Å². The average Bonchev–Trinajstić information content (AvgIpc) is 2.26. The molecular formula is C10H11NO3. The summed E-state index contributed by atoms with van der Waals surface area (Å²) in [5.41, 5.74) is 0. The fourth-order valence-electron chi connectivity index (χ4n) is 0.932. The third-order valence-corrected chi connectivity index (χ3v) is 1.67. The first-order valence-electron chi connectivity index (χ1n) is 4.18. The van der Waals surface area contributed by atoms with E-state index in [2.05, 4.69) is 0 Å². The number of para-hydroxylation sites is 1. The normalized spacial score (nSPS) is 14.1. The Bertz CT molecular complexity index is 307. The predicted octanol–water partition coefficient (Wildman–Crippen LogP) is 0.311. The summed E-state index contributed by atoms with van der Waals surface area (Å²) >= 11 is 0. The smallest absolute Gasteiger partial charge is 0.212 e. The van der Waals surface area contributed by atoms with Gasteiger partial charge >= 0.3 is 0 Å². The summed E-state index contributed by atoms with van der Waals surface area (Å²) in [6.45, 7) is -0.495. The van der Waals surface area contributed by atoms with E-state index < -0.39 is 18.8 Å². The maximum absolute atomic E-state index is 9.18. The quantitative estimate of drug-likeness (QED) is 0.721. The highest BCUT2D eigenvalue weighted by atomic mass is 16.5. The highest BCUT2D eigenvalue weighted by Crippen LogP contribution is 2.12. The molecule has 74 valence electrons. The molecule has 14 heavy (non-hydrogen) atoms. The topological polar surface area (TPSA) is 73.5 Å². The second kappa shape index (κ2) is 5.22. The molecule has 0 radical (unpaired) electrons. The van der Waals surface area contributed by atoms with Crippen molar-refractivity contribution in [1.82, 2.24) is 0 Å². The molecule has 2 N–H and O–H groups in total. The van der Waals surface area contributed by atoms with Crippen LogP contribution in [0.1, 0.15) is 0 Å². The lowest BCUT2D eigenvalue weighted by Gasteiger charge is -2.15. The molecule has 0 fully saturated rings. The Morgan fingerprint density at radius 3 is 2.50 bits per heavy atom. The van der Waals surface area contributed by atoms with Crippen LogP contribution in [0.4, 0.5) is 0 Å². The van der Waals surface area contributed by atoms with Crippen molar-refractivity contribution in [1.29, 1.82) is 5.26 Å².